The number of fused-ring (bicyclic) bond motifs is 1. The lowest BCUT2D eigenvalue weighted by Crippen LogP contribution is -1.97. The lowest BCUT2D eigenvalue weighted by atomic mass is 10.3. The minimum absolute atomic E-state index is 0.550. The van der Waals surface area contributed by atoms with Gasteiger partial charge >= 0.3 is 0 Å². The standard InChI is InChI=1S/C12H10BrN3S/c13-9-3-11(17-7-9)10-6-16-5-8(4-14)1-2-12(16)15-10/h1-3,5-7H,4,14H2. The zero-order valence-corrected chi connectivity index (χ0v) is 11.3. The second-order valence-corrected chi connectivity index (χ2v) is 5.59. The van der Waals surface area contributed by atoms with Crippen molar-refractivity contribution in [3.8, 4) is 10.6 Å². The lowest BCUT2D eigenvalue weighted by molar-refractivity contribution is 1.03. The van der Waals surface area contributed by atoms with Gasteiger partial charge in [-0.2, -0.15) is 0 Å². The largest absolute Gasteiger partial charge is 0.326 e. The molecule has 17 heavy (non-hydrogen) atoms. The van der Waals surface area contributed by atoms with E-state index in [9.17, 15) is 0 Å². The van der Waals surface area contributed by atoms with E-state index >= 15 is 0 Å². The van der Waals surface area contributed by atoms with E-state index in [-0.39, 0.29) is 0 Å². The van der Waals surface area contributed by atoms with E-state index in [1.807, 2.05) is 28.9 Å². The molecule has 0 amide bonds. The van der Waals surface area contributed by atoms with Crippen LogP contribution < -0.4 is 5.73 Å². The Kier molecular flexibility index (Phi) is 2.74. The van der Waals surface area contributed by atoms with E-state index in [0.717, 1.165) is 26.3 Å². The molecule has 0 unspecified atom stereocenters. The molecule has 3 aromatic rings. The summed E-state index contributed by atoms with van der Waals surface area (Å²) in [6.45, 7) is 0.550. The fraction of sp³-hybridized carbons (Fsp3) is 0.0833. The molecule has 0 aliphatic rings. The third kappa shape index (κ3) is 2.01. The molecule has 0 bridgehead atoms. The normalized spacial score (nSPS) is 11.2. The number of nitrogens with two attached hydrogens (primary N) is 1. The summed E-state index contributed by atoms with van der Waals surface area (Å²) in [5, 5.41) is 2.06. The summed E-state index contributed by atoms with van der Waals surface area (Å²) in [6, 6.07) is 6.08. The Balaban J connectivity index is 2.13. The van der Waals surface area contributed by atoms with Crippen LogP contribution in [0.25, 0.3) is 16.2 Å². The third-order valence-electron chi connectivity index (χ3n) is 2.57. The summed E-state index contributed by atoms with van der Waals surface area (Å²) in [5.41, 5.74) is 8.67. The van der Waals surface area contributed by atoms with E-state index < -0.39 is 0 Å². The van der Waals surface area contributed by atoms with Crippen LogP contribution in [0.2, 0.25) is 0 Å². The van der Waals surface area contributed by atoms with Crippen molar-refractivity contribution in [2.45, 2.75) is 6.54 Å². The first-order valence-corrected chi connectivity index (χ1v) is 6.85. The second kappa shape index (κ2) is 4.25. The Labute approximate surface area is 111 Å². The summed E-state index contributed by atoms with van der Waals surface area (Å²) in [7, 11) is 0. The van der Waals surface area contributed by atoms with Crippen LogP contribution in [0.15, 0.2) is 40.4 Å². The fourth-order valence-corrected chi connectivity index (χ4v) is 3.11. The van der Waals surface area contributed by atoms with E-state index in [1.54, 1.807) is 11.3 Å². The number of thiophene rings is 1. The topological polar surface area (TPSA) is 43.3 Å². The number of nitrogens with zero attached hydrogens (tertiary/aromatic N) is 2. The molecule has 3 aromatic heterocycles. The molecule has 0 atom stereocenters. The predicted molar refractivity (Wildman–Crippen MR) is 74.1 cm³/mol. The van der Waals surface area contributed by atoms with Crippen LogP contribution in [0.1, 0.15) is 5.56 Å². The smallest absolute Gasteiger partial charge is 0.137 e. The first-order valence-electron chi connectivity index (χ1n) is 5.18. The van der Waals surface area contributed by atoms with Crippen molar-refractivity contribution >= 4 is 32.9 Å². The number of pyridine rings is 1. The van der Waals surface area contributed by atoms with Gasteiger partial charge in [0.2, 0.25) is 0 Å². The molecule has 3 nitrogen and oxygen atoms in total. The zero-order valence-electron chi connectivity index (χ0n) is 8.93. The number of hydrogen-bond donors (Lipinski definition) is 1. The minimum Gasteiger partial charge on any atom is -0.326 e. The van der Waals surface area contributed by atoms with Gasteiger partial charge in [-0.15, -0.1) is 11.3 Å². The van der Waals surface area contributed by atoms with Gasteiger partial charge in [-0.05, 0) is 33.6 Å². The van der Waals surface area contributed by atoms with Crippen molar-refractivity contribution in [2.75, 3.05) is 0 Å². The van der Waals surface area contributed by atoms with E-state index in [4.69, 9.17) is 5.73 Å². The number of hydrogen-bond acceptors (Lipinski definition) is 3. The Morgan fingerprint density at radius 2 is 2.24 bits per heavy atom. The zero-order chi connectivity index (χ0) is 11.8. The predicted octanol–water partition coefficient (Wildman–Crippen LogP) is 3.28. The molecule has 0 aliphatic carbocycles. The average molecular weight is 308 g/mol. The molecular formula is C12H10BrN3S. The van der Waals surface area contributed by atoms with Gasteiger partial charge in [-0.3, -0.25) is 0 Å². The van der Waals surface area contributed by atoms with Crippen molar-refractivity contribution in [1.82, 2.24) is 9.38 Å². The molecule has 0 saturated carbocycles. The van der Waals surface area contributed by atoms with Gasteiger partial charge in [0.05, 0.1) is 10.6 Å². The molecule has 0 spiro atoms. The van der Waals surface area contributed by atoms with E-state index in [2.05, 4.69) is 32.4 Å². The molecule has 2 N–H and O–H groups in total. The molecule has 0 fully saturated rings. The van der Waals surface area contributed by atoms with E-state index in [1.165, 1.54) is 0 Å². The highest BCUT2D eigenvalue weighted by molar-refractivity contribution is 9.10. The number of rotatable bonds is 2. The first kappa shape index (κ1) is 11.0. The highest BCUT2D eigenvalue weighted by atomic mass is 79.9. The minimum atomic E-state index is 0.550. The lowest BCUT2D eigenvalue weighted by Gasteiger charge is -1.96. The summed E-state index contributed by atoms with van der Waals surface area (Å²) in [6.07, 6.45) is 4.06. The van der Waals surface area contributed by atoms with Crippen LogP contribution in [-0.4, -0.2) is 9.38 Å². The van der Waals surface area contributed by atoms with Crippen molar-refractivity contribution in [3.05, 3.63) is 46.0 Å². The molecular weight excluding hydrogens is 298 g/mol. The monoisotopic (exact) mass is 307 g/mol. The van der Waals surface area contributed by atoms with Crippen LogP contribution in [0.4, 0.5) is 0 Å². The summed E-state index contributed by atoms with van der Waals surface area (Å²) >= 11 is 5.14. The summed E-state index contributed by atoms with van der Waals surface area (Å²) in [4.78, 5) is 5.75. The number of imidazole rings is 1. The van der Waals surface area contributed by atoms with E-state index in [0.29, 0.717) is 6.54 Å². The molecule has 0 aliphatic heterocycles. The Bertz CT molecular complexity index is 671. The Hall–Kier alpha value is -1.17. The fourth-order valence-electron chi connectivity index (χ4n) is 1.72. The maximum Gasteiger partial charge on any atom is 0.137 e. The molecule has 0 aromatic carbocycles. The van der Waals surface area contributed by atoms with Crippen molar-refractivity contribution in [1.29, 1.82) is 0 Å². The molecule has 5 heteroatoms. The summed E-state index contributed by atoms with van der Waals surface area (Å²) in [5.74, 6) is 0. The molecule has 3 heterocycles. The Morgan fingerprint density at radius 1 is 1.35 bits per heavy atom. The van der Waals surface area contributed by atoms with Gasteiger partial charge in [-0.1, -0.05) is 6.07 Å². The van der Waals surface area contributed by atoms with Gasteiger partial charge in [-0.25, -0.2) is 4.98 Å². The number of aromatic nitrogens is 2. The highest BCUT2D eigenvalue weighted by Gasteiger charge is 2.06. The molecule has 86 valence electrons. The quantitative estimate of drug-likeness (QED) is 0.789. The van der Waals surface area contributed by atoms with Gasteiger partial charge < -0.3 is 10.1 Å². The van der Waals surface area contributed by atoms with Crippen molar-refractivity contribution in [2.24, 2.45) is 5.73 Å². The van der Waals surface area contributed by atoms with Gasteiger partial charge in [0.15, 0.2) is 0 Å². The van der Waals surface area contributed by atoms with Crippen LogP contribution >= 0.6 is 27.3 Å². The Morgan fingerprint density at radius 3 is 2.94 bits per heavy atom. The SMILES string of the molecule is NCc1ccc2nc(-c3cc(Br)cs3)cn2c1. The average Bonchev–Trinajstić information content (AvgIpc) is 2.93. The van der Waals surface area contributed by atoms with Crippen LogP contribution in [0, 0.1) is 0 Å². The van der Waals surface area contributed by atoms with Crippen molar-refractivity contribution in [3.63, 3.8) is 0 Å². The third-order valence-corrected chi connectivity index (χ3v) is 4.28. The maximum absolute atomic E-state index is 5.62. The van der Waals surface area contributed by atoms with Crippen LogP contribution in [-0.2, 0) is 6.54 Å². The van der Waals surface area contributed by atoms with Crippen LogP contribution in [0.3, 0.4) is 0 Å². The maximum atomic E-state index is 5.62. The van der Waals surface area contributed by atoms with Crippen molar-refractivity contribution < 1.29 is 0 Å². The van der Waals surface area contributed by atoms with Crippen LogP contribution in [0.5, 0.6) is 0 Å². The van der Waals surface area contributed by atoms with Gasteiger partial charge in [0.25, 0.3) is 0 Å². The molecule has 0 radical (unpaired) electrons. The van der Waals surface area contributed by atoms with Gasteiger partial charge in [0.1, 0.15) is 5.65 Å². The molecule has 3 rings (SSSR count). The van der Waals surface area contributed by atoms with Gasteiger partial charge in [0, 0.05) is 28.8 Å². The first-order chi connectivity index (χ1) is 8.26. The highest BCUT2D eigenvalue weighted by Crippen LogP contribution is 2.29. The summed E-state index contributed by atoms with van der Waals surface area (Å²) < 4.78 is 3.11. The molecule has 0 saturated heterocycles. The number of halogens is 1. The second-order valence-electron chi connectivity index (χ2n) is 3.76.